The number of hydrogen-bond donors (Lipinski definition) is 1. The number of nitro benzene ring substituents is 1. The molecule has 1 saturated heterocycles. The van der Waals surface area contributed by atoms with Crippen LogP contribution in [-0.4, -0.2) is 40.3 Å². The number of amides is 1. The molecule has 3 rings (SSSR count). The van der Waals surface area contributed by atoms with Gasteiger partial charge in [0.2, 0.25) is 0 Å². The van der Waals surface area contributed by atoms with E-state index >= 15 is 0 Å². The van der Waals surface area contributed by atoms with E-state index in [9.17, 15) is 14.9 Å². The summed E-state index contributed by atoms with van der Waals surface area (Å²) in [6.07, 6.45) is 3.45. The maximum absolute atomic E-state index is 13.2. The lowest BCUT2D eigenvalue weighted by atomic mass is 9.85. The molecule has 7 nitrogen and oxygen atoms in total. The Labute approximate surface area is 158 Å². The molecule has 2 aromatic rings. The summed E-state index contributed by atoms with van der Waals surface area (Å²) in [4.78, 5) is 30.2. The van der Waals surface area contributed by atoms with Crippen LogP contribution in [0.2, 0.25) is 0 Å². The highest BCUT2D eigenvalue weighted by atomic mass is 16.6. The number of aromatic nitrogens is 1. The predicted molar refractivity (Wildman–Crippen MR) is 103 cm³/mol. The van der Waals surface area contributed by atoms with Crippen LogP contribution in [0.25, 0.3) is 0 Å². The van der Waals surface area contributed by atoms with Crippen molar-refractivity contribution in [3.63, 3.8) is 0 Å². The lowest BCUT2D eigenvalue weighted by Gasteiger charge is -2.36. The van der Waals surface area contributed by atoms with Gasteiger partial charge in [-0.15, -0.1) is 0 Å². The summed E-state index contributed by atoms with van der Waals surface area (Å²) in [5.41, 5.74) is 1.51. The zero-order valence-corrected chi connectivity index (χ0v) is 15.8. The average molecular weight is 368 g/mol. The summed E-state index contributed by atoms with van der Waals surface area (Å²) >= 11 is 0. The van der Waals surface area contributed by atoms with Gasteiger partial charge in [0.15, 0.2) is 0 Å². The molecule has 142 valence electrons. The van der Waals surface area contributed by atoms with E-state index in [1.165, 1.54) is 6.07 Å². The zero-order valence-electron chi connectivity index (χ0n) is 15.8. The minimum atomic E-state index is -0.409. The molecule has 1 aliphatic rings. The second kappa shape index (κ2) is 7.44. The fraction of sp³-hybridized carbons (Fsp3) is 0.400. The van der Waals surface area contributed by atoms with E-state index in [-0.39, 0.29) is 23.1 Å². The highest BCUT2D eigenvalue weighted by Gasteiger charge is 2.31. The van der Waals surface area contributed by atoms with Gasteiger partial charge in [-0.2, -0.15) is 0 Å². The molecule has 0 bridgehead atoms. The van der Waals surface area contributed by atoms with Crippen LogP contribution in [0.3, 0.4) is 0 Å². The van der Waals surface area contributed by atoms with Gasteiger partial charge >= 0.3 is 0 Å². The largest absolute Gasteiger partial charge is 0.329 e. The van der Waals surface area contributed by atoms with Crippen LogP contribution in [0, 0.1) is 10.1 Å². The van der Waals surface area contributed by atoms with E-state index in [1.54, 1.807) is 29.4 Å². The first-order valence-corrected chi connectivity index (χ1v) is 8.99. The quantitative estimate of drug-likeness (QED) is 0.664. The SMILES string of the molecule is CC(C)(C)c1ccc(C(=O)N2CCNCC2c2cccnc2)cc1[N+](=O)[O-]. The Balaban J connectivity index is 1.96. The number of carbonyl (C=O) groups excluding carboxylic acids is 1. The number of pyridine rings is 1. The number of hydrogen-bond acceptors (Lipinski definition) is 5. The van der Waals surface area contributed by atoms with Crippen LogP contribution in [0.4, 0.5) is 5.69 Å². The molecule has 27 heavy (non-hydrogen) atoms. The molecule has 1 aliphatic heterocycles. The van der Waals surface area contributed by atoms with Crippen molar-refractivity contribution in [1.29, 1.82) is 0 Å². The van der Waals surface area contributed by atoms with E-state index in [0.717, 1.165) is 5.56 Å². The molecule has 0 radical (unpaired) electrons. The van der Waals surface area contributed by atoms with Crippen LogP contribution < -0.4 is 5.32 Å². The minimum absolute atomic E-state index is 0.0126. The molecule has 2 heterocycles. The molecule has 1 amide bonds. The Morgan fingerprint density at radius 3 is 2.74 bits per heavy atom. The molecule has 1 aromatic heterocycles. The number of carbonyl (C=O) groups is 1. The Morgan fingerprint density at radius 1 is 1.33 bits per heavy atom. The van der Waals surface area contributed by atoms with E-state index in [1.807, 2.05) is 32.9 Å². The maximum atomic E-state index is 13.2. The minimum Gasteiger partial charge on any atom is -0.329 e. The van der Waals surface area contributed by atoms with Crippen LogP contribution >= 0.6 is 0 Å². The molecule has 0 spiro atoms. The molecule has 1 aromatic carbocycles. The van der Waals surface area contributed by atoms with Gasteiger partial charge in [-0.05, 0) is 23.1 Å². The van der Waals surface area contributed by atoms with Crippen molar-refractivity contribution in [2.75, 3.05) is 19.6 Å². The molecule has 1 fully saturated rings. The highest BCUT2D eigenvalue weighted by molar-refractivity contribution is 5.95. The summed E-state index contributed by atoms with van der Waals surface area (Å²) in [6, 6.07) is 8.43. The zero-order chi connectivity index (χ0) is 19.6. The van der Waals surface area contributed by atoms with Gasteiger partial charge in [-0.25, -0.2) is 0 Å². The first-order chi connectivity index (χ1) is 12.8. The average Bonchev–Trinajstić information content (AvgIpc) is 2.67. The Hall–Kier alpha value is -2.80. The van der Waals surface area contributed by atoms with Crippen LogP contribution in [0.5, 0.6) is 0 Å². The molecule has 1 atom stereocenters. The van der Waals surface area contributed by atoms with Crippen LogP contribution in [-0.2, 0) is 5.41 Å². The van der Waals surface area contributed by atoms with Crippen molar-refractivity contribution in [3.8, 4) is 0 Å². The van der Waals surface area contributed by atoms with Crippen molar-refractivity contribution in [2.24, 2.45) is 0 Å². The topological polar surface area (TPSA) is 88.4 Å². The third kappa shape index (κ3) is 3.98. The smallest absolute Gasteiger partial charge is 0.273 e. The molecular weight excluding hydrogens is 344 g/mol. The predicted octanol–water partition coefficient (Wildman–Crippen LogP) is 3.07. The molecule has 7 heteroatoms. The summed E-state index contributed by atoms with van der Waals surface area (Å²) in [5.74, 6) is -0.200. The van der Waals surface area contributed by atoms with E-state index in [4.69, 9.17) is 0 Å². The maximum Gasteiger partial charge on any atom is 0.273 e. The molecule has 1 N–H and O–H groups in total. The van der Waals surface area contributed by atoms with Gasteiger partial charge in [0.05, 0.1) is 11.0 Å². The third-order valence-electron chi connectivity index (χ3n) is 4.82. The number of rotatable bonds is 3. The normalized spacial score (nSPS) is 17.6. The first-order valence-electron chi connectivity index (χ1n) is 8.99. The number of nitrogens with zero attached hydrogens (tertiary/aromatic N) is 3. The monoisotopic (exact) mass is 368 g/mol. The second-order valence-corrected chi connectivity index (χ2v) is 7.74. The van der Waals surface area contributed by atoms with Crippen LogP contribution in [0.1, 0.15) is 48.3 Å². The van der Waals surface area contributed by atoms with Crippen molar-refractivity contribution in [3.05, 3.63) is 69.5 Å². The fourth-order valence-corrected chi connectivity index (χ4v) is 3.43. The second-order valence-electron chi connectivity index (χ2n) is 7.74. The van der Waals surface area contributed by atoms with Crippen LogP contribution in [0.15, 0.2) is 42.7 Å². The van der Waals surface area contributed by atoms with E-state index in [0.29, 0.717) is 30.8 Å². The lowest BCUT2D eigenvalue weighted by Crippen LogP contribution is -2.48. The van der Waals surface area contributed by atoms with Gasteiger partial charge in [-0.3, -0.25) is 19.9 Å². The van der Waals surface area contributed by atoms with Gasteiger partial charge in [0.25, 0.3) is 11.6 Å². The van der Waals surface area contributed by atoms with Crippen molar-refractivity contribution >= 4 is 11.6 Å². The van der Waals surface area contributed by atoms with E-state index < -0.39 is 4.92 Å². The molecular formula is C20H24N4O3. The summed E-state index contributed by atoms with van der Waals surface area (Å²) < 4.78 is 0. The Bertz CT molecular complexity index is 846. The third-order valence-corrected chi connectivity index (χ3v) is 4.82. The standard InChI is InChI=1S/C20H24N4O3/c1-20(2,3)16-7-6-14(11-17(16)24(26)27)19(25)23-10-9-22-13-18(23)15-5-4-8-21-12-15/h4-8,11-12,18,22H,9-10,13H2,1-3H3. The summed E-state index contributed by atoms with van der Waals surface area (Å²) in [5, 5.41) is 14.9. The van der Waals surface area contributed by atoms with Gasteiger partial charge in [-0.1, -0.05) is 32.9 Å². The Kier molecular flexibility index (Phi) is 5.23. The summed E-state index contributed by atoms with van der Waals surface area (Å²) in [7, 11) is 0. The first kappa shape index (κ1) is 19.0. The number of nitrogens with one attached hydrogen (secondary N) is 1. The van der Waals surface area contributed by atoms with Gasteiger partial charge in [0.1, 0.15) is 0 Å². The van der Waals surface area contributed by atoms with E-state index in [2.05, 4.69) is 10.3 Å². The molecule has 1 unspecified atom stereocenters. The number of piperazine rings is 1. The molecule has 0 aliphatic carbocycles. The summed E-state index contributed by atoms with van der Waals surface area (Å²) in [6.45, 7) is 7.61. The van der Waals surface area contributed by atoms with Crippen molar-refractivity contribution in [2.45, 2.75) is 32.2 Å². The molecule has 0 saturated carbocycles. The van der Waals surface area contributed by atoms with Crippen molar-refractivity contribution in [1.82, 2.24) is 15.2 Å². The number of nitro groups is 1. The fourth-order valence-electron chi connectivity index (χ4n) is 3.43. The lowest BCUT2D eigenvalue weighted by molar-refractivity contribution is -0.386. The van der Waals surface area contributed by atoms with Gasteiger partial charge in [0, 0.05) is 49.2 Å². The van der Waals surface area contributed by atoms with Crippen molar-refractivity contribution < 1.29 is 9.72 Å². The highest BCUT2D eigenvalue weighted by Crippen LogP contribution is 2.33. The van der Waals surface area contributed by atoms with Gasteiger partial charge < -0.3 is 10.2 Å². The Morgan fingerprint density at radius 2 is 2.11 bits per heavy atom. The number of benzene rings is 1.